The molecule has 1 aromatic heterocycles. The molecule has 7 heteroatoms. The number of aryl methyl sites for hydroxylation is 2. The summed E-state index contributed by atoms with van der Waals surface area (Å²) in [5.74, 6) is 0.914. The summed E-state index contributed by atoms with van der Waals surface area (Å²) in [6.07, 6.45) is 0. The number of nitrogens with zero attached hydrogens (tertiary/aromatic N) is 3. The molecule has 1 aromatic carbocycles. The average Bonchev–Trinajstić information content (AvgIpc) is 2.93. The fraction of sp³-hybridized carbons (Fsp3) is 0.444. The van der Waals surface area contributed by atoms with Gasteiger partial charge in [-0.1, -0.05) is 17.3 Å². The Balaban J connectivity index is 1.47. The van der Waals surface area contributed by atoms with E-state index in [0.717, 1.165) is 36.7 Å². The topological polar surface area (TPSA) is 49.6 Å². The van der Waals surface area contributed by atoms with Gasteiger partial charge >= 0.3 is 0 Å². The average molecular weight is 363 g/mol. The summed E-state index contributed by atoms with van der Waals surface area (Å²) < 4.78 is 18.8. The molecule has 0 aliphatic carbocycles. The second-order valence-electron chi connectivity index (χ2n) is 6.18. The molecule has 25 heavy (non-hydrogen) atoms. The van der Waals surface area contributed by atoms with Gasteiger partial charge in [-0.15, -0.1) is 11.8 Å². The molecule has 2 heterocycles. The molecule has 0 bridgehead atoms. The molecule has 1 amide bonds. The number of carbonyl (C=O) groups is 1. The van der Waals surface area contributed by atoms with Crippen LogP contribution in [0, 0.1) is 19.7 Å². The van der Waals surface area contributed by atoms with E-state index >= 15 is 0 Å². The number of amides is 1. The van der Waals surface area contributed by atoms with Crippen LogP contribution in [0.15, 0.2) is 33.7 Å². The minimum Gasteiger partial charge on any atom is -0.361 e. The van der Waals surface area contributed by atoms with Crippen LogP contribution in [0.1, 0.15) is 17.0 Å². The maximum Gasteiger partial charge on any atom is 0.233 e. The van der Waals surface area contributed by atoms with E-state index in [2.05, 4.69) is 10.1 Å². The van der Waals surface area contributed by atoms with E-state index in [1.54, 1.807) is 18.2 Å². The molecule has 3 rings (SSSR count). The normalized spacial score (nSPS) is 15.6. The first-order valence-electron chi connectivity index (χ1n) is 8.34. The summed E-state index contributed by atoms with van der Waals surface area (Å²) in [5, 5.41) is 3.99. The second-order valence-corrected chi connectivity index (χ2v) is 7.20. The number of piperazine rings is 1. The highest BCUT2D eigenvalue weighted by molar-refractivity contribution is 8.00. The molecular weight excluding hydrogens is 341 g/mol. The Morgan fingerprint density at radius 2 is 1.96 bits per heavy atom. The molecule has 0 unspecified atom stereocenters. The lowest BCUT2D eigenvalue weighted by atomic mass is 10.2. The molecule has 134 valence electrons. The fourth-order valence-electron chi connectivity index (χ4n) is 2.90. The molecule has 0 spiro atoms. The van der Waals surface area contributed by atoms with Gasteiger partial charge in [0, 0.05) is 43.2 Å². The largest absolute Gasteiger partial charge is 0.361 e. The Morgan fingerprint density at radius 1 is 1.24 bits per heavy atom. The van der Waals surface area contributed by atoms with E-state index in [0.29, 0.717) is 18.0 Å². The Kier molecular flexibility index (Phi) is 5.75. The van der Waals surface area contributed by atoms with Crippen molar-refractivity contribution < 1.29 is 13.7 Å². The minimum absolute atomic E-state index is 0.0604. The van der Waals surface area contributed by atoms with Crippen LogP contribution in [-0.2, 0) is 11.3 Å². The van der Waals surface area contributed by atoms with Crippen molar-refractivity contribution >= 4 is 17.7 Å². The first kappa shape index (κ1) is 17.9. The van der Waals surface area contributed by atoms with E-state index in [1.807, 2.05) is 18.7 Å². The van der Waals surface area contributed by atoms with Crippen molar-refractivity contribution in [2.45, 2.75) is 25.3 Å². The van der Waals surface area contributed by atoms with Gasteiger partial charge in [-0.25, -0.2) is 4.39 Å². The standard InChI is InChI=1S/C18H22FN3O2S/c1-13-15(14(2)24-20-13)11-21-7-9-22(10-8-21)18(23)12-25-17-6-4-3-5-16(17)19/h3-6H,7-12H2,1-2H3. The number of rotatable bonds is 5. The molecule has 0 radical (unpaired) electrons. The van der Waals surface area contributed by atoms with Crippen LogP contribution < -0.4 is 0 Å². The second kappa shape index (κ2) is 8.01. The molecule has 0 saturated carbocycles. The molecule has 0 atom stereocenters. The summed E-state index contributed by atoms with van der Waals surface area (Å²) >= 11 is 1.26. The number of hydrogen-bond acceptors (Lipinski definition) is 5. The zero-order valence-electron chi connectivity index (χ0n) is 14.5. The maximum absolute atomic E-state index is 13.6. The predicted octanol–water partition coefficient (Wildman–Crippen LogP) is 2.87. The third kappa shape index (κ3) is 4.41. The lowest BCUT2D eigenvalue weighted by molar-refractivity contribution is -0.130. The highest BCUT2D eigenvalue weighted by atomic mass is 32.2. The van der Waals surface area contributed by atoms with Crippen molar-refractivity contribution in [2.24, 2.45) is 0 Å². The van der Waals surface area contributed by atoms with Crippen LogP contribution in [0.25, 0.3) is 0 Å². The maximum atomic E-state index is 13.6. The first-order valence-corrected chi connectivity index (χ1v) is 9.32. The number of thioether (sulfide) groups is 1. The van der Waals surface area contributed by atoms with E-state index < -0.39 is 0 Å². The van der Waals surface area contributed by atoms with Gasteiger partial charge in [0.15, 0.2) is 0 Å². The third-order valence-corrected chi connectivity index (χ3v) is 5.51. The molecule has 5 nitrogen and oxygen atoms in total. The number of hydrogen-bond donors (Lipinski definition) is 0. The lowest BCUT2D eigenvalue weighted by Gasteiger charge is -2.34. The quantitative estimate of drug-likeness (QED) is 0.765. The van der Waals surface area contributed by atoms with Crippen LogP contribution in [0.3, 0.4) is 0 Å². The van der Waals surface area contributed by atoms with E-state index in [1.165, 1.54) is 17.8 Å². The predicted molar refractivity (Wildman–Crippen MR) is 95.0 cm³/mol. The van der Waals surface area contributed by atoms with Crippen LogP contribution in [0.4, 0.5) is 4.39 Å². The Morgan fingerprint density at radius 3 is 2.60 bits per heavy atom. The lowest BCUT2D eigenvalue weighted by Crippen LogP contribution is -2.48. The molecule has 1 aliphatic rings. The number of benzene rings is 1. The van der Waals surface area contributed by atoms with Gasteiger partial charge in [0.1, 0.15) is 11.6 Å². The van der Waals surface area contributed by atoms with Crippen LogP contribution in [0.2, 0.25) is 0 Å². The van der Waals surface area contributed by atoms with Crippen molar-refractivity contribution in [1.82, 2.24) is 15.0 Å². The summed E-state index contributed by atoms with van der Waals surface area (Å²) in [7, 11) is 0. The molecule has 1 saturated heterocycles. The van der Waals surface area contributed by atoms with Gasteiger partial charge < -0.3 is 9.42 Å². The zero-order valence-corrected chi connectivity index (χ0v) is 15.3. The highest BCUT2D eigenvalue weighted by Crippen LogP contribution is 2.22. The highest BCUT2D eigenvalue weighted by Gasteiger charge is 2.23. The first-order chi connectivity index (χ1) is 12.0. The van der Waals surface area contributed by atoms with Gasteiger partial charge in [0.2, 0.25) is 5.91 Å². The Labute approximate surface area is 151 Å². The summed E-state index contributed by atoms with van der Waals surface area (Å²) in [6, 6.07) is 6.55. The van der Waals surface area contributed by atoms with Gasteiger partial charge in [-0.05, 0) is 26.0 Å². The Hall–Kier alpha value is -1.86. The van der Waals surface area contributed by atoms with Crippen molar-refractivity contribution in [2.75, 3.05) is 31.9 Å². The van der Waals surface area contributed by atoms with Gasteiger partial charge in [0.25, 0.3) is 0 Å². The number of aromatic nitrogens is 1. The molecule has 2 aromatic rings. The van der Waals surface area contributed by atoms with Crippen molar-refractivity contribution in [3.8, 4) is 0 Å². The van der Waals surface area contributed by atoms with E-state index in [4.69, 9.17) is 4.52 Å². The number of carbonyl (C=O) groups excluding carboxylic acids is 1. The third-order valence-electron chi connectivity index (χ3n) is 4.48. The summed E-state index contributed by atoms with van der Waals surface area (Å²) in [5.41, 5.74) is 2.06. The molecule has 0 N–H and O–H groups in total. The van der Waals surface area contributed by atoms with Crippen LogP contribution in [0.5, 0.6) is 0 Å². The molecule has 1 aliphatic heterocycles. The zero-order chi connectivity index (χ0) is 17.8. The molecule has 1 fully saturated rings. The van der Waals surface area contributed by atoms with Crippen LogP contribution >= 0.6 is 11.8 Å². The van der Waals surface area contributed by atoms with Crippen LogP contribution in [-0.4, -0.2) is 52.8 Å². The monoisotopic (exact) mass is 363 g/mol. The van der Waals surface area contributed by atoms with Gasteiger partial charge in [-0.2, -0.15) is 0 Å². The van der Waals surface area contributed by atoms with Crippen molar-refractivity contribution in [3.05, 3.63) is 47.1 Å². The SMILES string of the molecule is Cc1noc(C)c1CN1CCN(C(=O)CSc2ccccc2F)CC1. The Bertz CT molecular complexity index is 722. The smallest absolute Gasteiger partial charge is 0.233 e. The number of halogens is 1. The molecular formula is C18H22FN3O2S. The van der Waals surface area contributed by atoms with Gasteiger partial charge in [-0.3, -0.25) is 9.69 Å². The fourth-order valence-corrected chi connectivity index (χ4v) is 3.74. The summed E-state index contributed by atoms with van der Waals surface area (Å²) in [6.45, 7) is 7.70. The van der Waals surface area contributed by atoms with E-state index in [-0.39, 0.29) is 17.5 Å². The van der Waals surface area contributed by atoms with Crippen molar-refractivity contribution in [1.29, 1.82) is 0 Å². The van der Waals surface area contributed by atoms with Gasteiger partial charge in [0.05, 0.1) is 11.4 Å². The van der Waals surface area contributed by atoms with Crippen molar-refractivity contribution in [3.63, 3.8) is 0 Å². The summed E-state index contributed by atoms with van der Waals surface area (Å²) in [4.78, 5) is 17.0. The van der Waals surface area contributed by atoms with E-state index in [9.17, 15) is 9.18 Å². The minimum atomic E-state index is -0.274.